The van der Waals surface area contributed by atoms with Gasteiger partial charge < -0.3 is 5.73 Å². The average molecular weight is 231 g/mol. The van der Waals surface area contributed by atoms with Gasteiger partial charge in [-0.2, -0.15) is 5.10 Å². The first-order valence-corrected chi connectivity index (χ1v) is 5.18. The lowest BCUT2D eigenvalue weighted by atomic mass is 9.83. The molecular weight excluding hydrogens is 212 g/mol. The number of nitrogens with zero attached hydrogens (tertiary/aromatic N) is 2. The van der Waals surface area contributed by atoms with Gasteiger partial charge in [0, 0.05) is 24.2 Å². The minimum Gasteiger partial charge on any atom is -0.317 e. The quantitative estimate of drug-likeness (QED) is 0.847. The van der Waals surface area contributed by atoms with Crippen LogP contribution >= 0.6 is 0 Å². The highest BCUT2D eigenvalue weighted by atomic mass is 19.3. The Balaban J connectivity index is 3.34. The van der Waals surface area contributed by atoms with Gasteiger partial charge in [-0.3, -0.25) is 4.68 Å². The van der Waals surface area contributed by atoms with Gasteiger partial charge in [-0.25, -0.2) is 8.78 Å². The molecule has 0 spiro atoms. The maximum absolute atomic E-state index is 12.9. The number of nitrogens with two attached hydrogens (primary N) is 1. The number of aromatic nitrogens is 2. The Hall–Kier alpha value is -0.970. The molecule has 5 heteroatoms. The Morgan fingerprint density at radius 1 is 1.31 bits per heavy atom. The lowest BCUT2D eigenvalue weighted by Crippen LogP contribution is -2.42. The molecule has 1 aromatic rings. The molecule has 1 aromatic heterocycles. The van der Waals surface area contributed by atoms with Crippen LogP contribution in [0.25, 0.3) is 0 Å². The molecule has 0 bridgehead atoms. The van der Waals surface area contributed by atoms with Crippen LogP contribution in [0.4, 0.5) is 8.78 Å². The Bertz CT molecular complexity index is 375. The van der Waals surface area contributed by atoms with Crippen molar-refractivity contribution in [2.75, 3.05) is 0 Å². The van der Waals surface area contributed by atoms with E-state index in [4.69, 9.17) is 5.73 Å². The summed E-state index contributed by atoms with van der Waals surface area (Å²) >= 11 is 0. The van der Waals surface area contributed by atoms with Crippen molar-refractivity contribution < 1.29 is 8.78 Å². The molecule has 0 aliphatic rings. The molecule has 0 aliphatic heterocycles. The molecule has 1 unspecified atom stereocenters. The largest absolute Gasteiger partial charge is 0.317 e. The summed E-state index contributed by atoms with van der Waals surface area (Å²) in [5.74, 6) is 0. The van der Waals surface area contributed by atoms with Crippen LogP contribution in [0, 0.1) is 0 Å². The van der Waals surface area contributed by atoms with Gasteiger partial charge >= 0.3 is 0 Å². The molecule has 1 atom stereocenters. The smallest absolute Gasteiger partial charge is 0.260 e. The van der Waals surface area contributed by atoms with Crippen LogP contribution in [0.1, 0.15) is 39.0 Å². The van der Waals surface area contributed by atoms with Gasteiger partial charge in [0.25, 0.3) is 6.43 Å². The van der Waals surface area contributed by atoms with Crippen LogP contribution in [-0.4, -0.2) is 16.2 Å². The van der Waals surface area contributed by atoms with Crippen molar-refractivity contribution in [1.29, 1.82) is 0 Å². The monoisotopic (exact) mass is 231 g/mol. The van der Waals surface area contributed by atoms with Gasteiger partial charge in [0.05, 0.1) is 5.69 Å². The van der Waals surface area contributed by atoms with Crippen molar-refractivity contribution in [3.8, 4) is 0 Å². The summed E-state index contributed by atoms with van der Waals surface area (Å²) in [4.78, 5) is 0. The molecule has 0 fully saturated rings. The summed E-state index contributed by atoms with van der Waals surface area (Å²) < 4.78 is 27.4. The topological polar surface area (TPSA) is 43.8 Å². The van der Waals surface area contributed by atoms with Gasteiger partial charge in [-0.05, 0) is 6.92 Å². The van der Waals surface area contributed by atoms with E-state index < -0.39 is 12.0 Å². The van der Waals surface area contributed by atoms with E-state index in [9.17, 15) is 8.78 Å². The highest BCUT2D eigenvalue weighted by molar-refractivity contribution is 5.31. The predicted molar refractivity (Wildman–Crippen MR) is 59.5 cm³/mol. The average Bonchev–Trinajstić information content (AvgIpc) is 2.46. The van der Waals surface area contributed by atoms with Gasteiger partial charge in [-0.1, -0.05) is 20.8 Å². The predicted octanol–water partition coefficient (Wildman–Crippen LogP) is 2.16. The SMILES string of the molecule is Cn1cc(C(C)(N)C(F)F)c(C(C)(C)C)n1. The molecule has 2 N–H and O–H groups in total. The summed E-state index contributed by atoms with van der Waals surface area (Å²) in [5.41, 5.74) is 4.77. The second kappa shape index (κ2) is 3.80. The normalized spacial score (nSPS) is 16.6. The second-order valence-electron chi connectivity index (χ2n) is 5.40. The third kappa shape index (κ3) is 2.24. The van der Waals surface area contributed by atoms with Crippen LogP contribution < -0.4 is 5.73 Å². The minimum atomic E-state index is -2.61. The second-order valence-corrected chi connectivity index (χ2v) is 5.40. The fraction of sp³-hybridized carbons (Fsp3) is 0.727. The maximum Gasteiger partial charge on any atom is 0.260 e. The zero-order valence-electron chi connectivity index (χ0n) is 10.4. The fourth-order valence-electron chi connectivity index (χ4n) is 1.55. The summed E-state index contributed by atoms with van der Waals surface area (Å²) in [6, 6.07) is 0. The van der Waals surface area contributed by atoms with E-state index in [1.54, 1.807) is 13.2 Å². The van der Waals surface area contributed by atoms with E-state index in [-0.39, 0.29) is 5.41 Å². The molecule has 1 heterocycles. The van der Waals surface area contributed by atoms with Crippen molar-refractivity contribution in [3.05, 3.63) is 17.5 Å². The molecule has 16 heavy (non-hydrogen) atoms. The fourth-order valence-corrected chi connectivity index (χ4v) is 1.55. The molecule has 3 nitrogen and oxygen atoms in total. The van der Waals surface area contributed by atoms with Crippen molar-refractivity contribution >= 4 is 0 Å². The maximum atomic E-state index is 12.9. The molecule has 0 saturated carbocycles. The molecule has 0 aliphatic carbocycles. The van der Waals surface area contributed by atoms with Gasteiger partial charge in [-0.15, -0.1) is 0 Å². The van der Waals surface area contributed by atoms with Crippen molar-refractivity contribution in [2.24, 2.45) is 12.8 Å². The van der Waals surface area contributed by atoms with Crippen LogP contribution in [0.2, 0.25) is 0 Å². The van der Waals surface area contributed by atoms with E-state index in [0.717, 1.165) is 0 Å². The lowest BCUT2D eigenvalue weighted by Gasteiger charge is -2.27. The number of hydrogen-bond donors (Lipinski definition) is 1. The third-order valence-corrected chi connectivity index (χ3v) is 2.57. The number of hydrogen-bond acceptors (Lipinski definition) is 2. The molecule has 1 rings (SSSR count). The number of rotatable bonds is 2. The number of aryl methyl sites for hydroxylation is 1. The summed E-state index contributed by atoms with van der Waals surface area (Å²) in [7, 11) is 1.71. The van der Waals surface area contributed by atoms with E-state index in [2.05, 4.69) is 5.10 Å². The van der Waals surface area contributed by atoms with Crippen LogP contribution in [-0.2, 0) is 18.0 Å². The Morgan fingerprint density at radius 3 is 2.19 bits per heavy atom. The van der Waals surface area contributed by atoms with Crippen LogP contribution in [0.15, 0.2) is 6.20 Å². The van der Waals surface area contributed by atoms with E-state index in [0.29, 0.717) is 11.3 Å². The molecule has 0 saturated heterocycles. The first-order valence-electron chi connectivity index (χ1n) is 5.18. The van der Waals surface area contributed by atoms with Crippen molar-refractivity contribution in [2.45, 2.75) is 45.1 Å². The molecule has 0 amide bonds. The van der Waals surface area contributed by atoms with Gasteiger partial charge in [0.2, 0.25) is 0 Å². The van der Waals surface area contributed by atoms with Crippen LogP contribution in [0.5, 0.6) is 0 Å². The van der Waals surface area contributed by atoms with Gasteiger partial charge in [0.15, 0.2) is 0 Å². The van der Waals surface area contributed by atoms with E-state index >= 15 is 0 Å². The van der Waals surface area contributed by atoms with Crippen molar-refractivity contribution in [1.82, 2.24) is 9.78 Å². The Kier molecular flexibility index (Phi) is 3.11. The minimum absolute atomic E-state index is 0.299. The molecule has 0 aromatic carbocycles. The summed E-state index contributed by atoms with van der Waals surface area (Å²) in [5, 5.41) is 4.23. The van der Waals surface area contributed by atoms with E-state index in [1.807, 2.05) is 20.8 Å². The number of alkyl halides is 2. The lowest BCUT2D eigenvalue weighted by molar-refractivity contribution is 0.0615. The highest BCUT2D eigenvalue weighted by Gasteiger charge is 2.38. The molecular formula is C11H19F2N3. The zero-order chi connectivity index (χ0) is 12.7. The Morgan fingerprint density at radius 2 is 1.81 bits per heavy atom. The molecule has 0 radical (unpaired) electrons. The zero-order valence-corrected chi connectivity index (χ0v) is 10.4. The Labute approximate surface area is 94.6 Å². The van der Waals surface area contributed by atoms with Crippen LogP contribution in [0.3, 0.4) is 0 Å². The molecule has 92 valence electrons. The van der Waals surface area contributed by atoms with E-state index in [1.165, 1.54) is 11.6 Å². The summed E-state index contributed by atoms with van der Waals surface area (Å²) in [6.07, 6.45) is -1.04. The standard InChI is InChI=1S/C11H19F2N3/c1-10(2,3)8-7(6-16(5)15-8)11(4,14)9(12)13/h6,9H,14H2,1-5H3. The third-order valence-electron chi connectivity index (χ3n) is 2.57. The number of halogens is 2. The van der Waals surface area contributed by atoms with Gasteiger partial charge in [0.1, 0.15) is 5.54 Å². The summed E-state index contributed by atoms with van der Waals surface area (Å²) in [6.45, 7) is 7.13. The first-order chi connectivity index (χ1) is 7.06. The highest BCUT2D eigenvalue weighted by Crippen LogP contribution is 2.33. The van der Waals surface area contributed by atoms with Crippen molar-refractivity contribution in [3.63, 3.8) is 0 Å². The first kappa shape index (κ1) is 13.1.